The van der Waals surface area contributed by atoms with E-state index in [0.29, 0.717) is 15.5 Å². The van der Waals surface area contributed by atoms with Gasteiger partial charge in [-0.2, -0.15) is 0 Å². The Morgan fingerprint density at radius 2 is 1.93 bits per heavy atom. The molecule has 0 radical (unpaired) electrons. The Hall–Kier alpha value is -3.98. The largest absolute Gasteiger partial charge is 0.507 e. The minimum Gasteiger partial charge on any atom is -0.507 e. The van der Waals surface area contributed by atoms with Crippen LogP contribution in [0.2, 0.25) is 0 Å². The van der Waals surface area contributed by atoms with Crippen molar-refractivity contribution >= 4 is 28.7 Å². The fourth-order valence-electron chi connectivity index (χ4n) is 3.05. The van der Waals surface area contributed by atoms with Gasteiger partial charge in [-0.3, -0.25) is 14.2 Å². The molecule has 0 spiro atoms. The number of hydrogen-bond acceptors (Lipinski definition) is 6. The van der Waals surface area contributed by atoms with E-state index in [-0.39, 0.29) is 34.1 Å². The summed E-state index contributed by atoms with van der Waals surface area (Å²) in [5, 5.41) is 25.8. The third-order valence-corrected chi connectivity index (χ3v) is 5.52. The van der Waals surface area contributed by atoms with E-state index in [1.54, 1.807) is 42.5 Å². The number of amides is 2. The molecule has 30 heavy (non-hydrogen) atoms. The first-order chi connectivity index (χ1) is 14.5. The quantitative estimate of drug-likeness (QED) is 0.417. The molecule has 2 amide bonds. The summed E-state index contributed by atoms with van der Waals surface area (Å²) in [5.41, 5.74) is 2.71. The van der Waals surface area contributed by atoms with Crippen LogP contribution in [0.25, 0.3) is 5.57 Å². The molecule has 3 aromatic rings. The lowest BCUT2D eigenvalue weighted by atomic mass is 10.1. The average Bonchev–Trinajstić information content (AvgIpc) is 3.23. The molecule has 0 aliphatic carbocycles. The minimum absolute atomic E-state index is 0.0607. The van der Waals surface area contributed by atoms with Crippen LogP contribution in [-0.4, -0.2) is 26.6 Å². The lowest BCUT2D eigenvalue weighted by Gasteiger charge is -2.03. The van der Waals surface area contributed by atoms with E-state index in [1.165, 1.54) is 16.7 Å². The van der Waals surface area contributed by atoms with Crippen LogP contribution in [-0.2, 0) is 11.3 Å². The van der Waals surface area contributed by atoms with Crippen LogP contribution in [0.1, 0.15) is 15.2 Å². The maximum Gasteiger partial charge on any atom is 0.279 e. The summed E-state index contributed by atoms with van der Waals surface area (Å²) in [6.45, 7) is 3.87. The number of hydrogen-bond donors (Lipinski definition) is 3. The Morgan fingerprint density at radius 3 is 2.70 bits per heavy atom. The van der Waals surface area contributed by atoms with Crippen LogP contribution < -0.4 is 20.8 Å². The molecule has 2 heterocycles. The van der Waals surface area contributed by atoms with Gasteiger partial charge in [-0.1, -0.05) is 47.7 Å². The van der Waals surface area contributed by atoms with Gasteiger partial charge in [-0.15, -0.1) is 11.7 Å². The van der Waals surface area contributed by atoms with Gasteiger partial charge in [-0.05, 0) is 18.2 Å². The first kappa shape index (κ1) is 19.3. The van der Waals surface area contributed by atoms with Gasteiger partial charge in [0, 0.05) is 11.8 Å². The summed E-state index contributed by atoms with van der Waals surface area (Å²) < 4.78 is 1.42. The zero-order valence-corrected chi connectivity index (χ0v) is 16.4. The highest BCUT2D eigenvalue weighted by atomic mass is 32.1. The van der Waals surface area contributed by atoms with Crippen LogP contribution in [0.15, 0.2) is 71.3 Å². The van der Waals surface area contributed by atoms with Crippen molar-refractivity contribution in [3.63, 3.8) is 0 Å². The summed E-state index contributed by atoms with van der Waals surface area (Å²) in [6, 6.07) is 13.1. The first-order valence-corrected chi connectivity index (χ1v) is 9.71. The smallest absolute Gasteiger partial charge is 0.279 e. The van der Waals surface area contributed by atoms with Crippen molar-refractivity contribution in [2.24, 2.45) is 10.1 Å². The zero-order chi connectivity index (χ0) is 21.3. The van der Waals surface area contributed by atoms with Crippen LogP contribution >= 0.6 is 11.3 Å². The number of carbonyl (C=O) groups excluding carboxylic acids is 2. The number of nitrogens with one attached hydrogen (secondary N) is 1. The summed E-state index contributed by atoms with van der Waals surface area (Å²) in [6.07, 6.45) is 1.56. The lowest BCUT2D eigenvalue weighted by molar-refractivity contribution is -0.112. The summed E-state index contributed by atoms with van der Waals surface area (Å²) in [5.74, 6) is -1.42. The SMILES string of the molecule is C=CCn1c(O)c(C2=c3ccccc3=NC2=O)sc1=NNC(=O)c1ccccc1O. The number of carbonyl (C=O) groups is 2. The Kier molecular flexibility index (Phi) is 5.03. The van der Waals surface area contributed by atoms with Crippen LogP contribution in [0.5, 0.6) is 11.6 Å². The van der Waals surface area contributed by atoms with Crippen LogP contribution in [0, 0.1) is 0 Å². The summed E-state index contributed by atoms with van der Waals surface area (Å²) in [7, 11) is 0. The molecule has 150 valence electrons. The second-order valence-corrected chi connectivity index (χ2v) is 7.29. The monoisotopic (exact) mass is 420 g/mol. The molecule has 9 heteroatoms. The predicted molar refractivity (Wildman–Crippen MR) is 110 cm³/mol. The fraction of sp³-hybridized carbons (Fsp3) is 0.0476. The van der Waals surface area contributed by atoms with Crippen LogP contribution in [0.3, 0.4) is 0 Å². The molecule has 4 rings (SSSR count). The molecule has 1 aromatic heterocycles. The van der Waals surface area contributed by atoms with Gasteiger partial charge < -0.3 is 10.2 Å². The molecular weight excluding hydrogens is 404 g/mol. The van der Waals surface area contributed by atoms with E-state index in [2.05, 4.69) is 22.1 Å². The van der Waals surface area contributed by atoms with E-state index in [9.17, 15) is 19.8 Å². The number of benzene rings is 2. The van der Waals surface area contributed by atoms with E-state index < -0.39 is 11.8 Å². The molecule has 0 saturated carbocycles. The average molecular weight is 420 g/mol. The second kappa shape index (κ2) is 7.80. The summed E-state index contributed by atoms with van der Waals surface area (Å²) in [4.78, 5) is 29.4. The first-order valence-electron chi connectivity index (χ1n) is 8.89. The van der Waals surface area contributed by atoms with Crippen molar-refractivity contribution in [2.75, 3.05) is 0 Å². The van der Waals surface area contributed by atoms with Crippen LogP contribution in [0.4, 0.5) is 0 Å². The molecule has 8 nitrogen and oxygen atoms in total. The number of aromatic nitrogens is 1. The number of phenolic OH excluding ortho intramolecular Hbond substituents is 1. The van der Waals surface area contributed by atoms with Crippen molar-refractivity contribution in [3.05, 3.63) is 87.0 Å². The van der Waals surface area contributed by atoms with Crippen molar-refractivity contribution in [1.82, 2.24) is 9.99 Å². The predicted octanol–water partition coefficient (Wildman–Crippen LogP) is 0.751. The zero-order valence-electron chi connectivity index (χ0n) is 15.6. The molecule has 3 N–H and O–H groups in total. The van der Waals surface area contributed by atoms with Gasteiger partial charge in [0.05, 0.1) is 16.5 Å². The highest BCUT2D eigenvalue weighted by Crippen LogP contribution is 2.28. The van der Waals surface area contributed by atoms with Gasteiger partial charge in [0.1, 0.15) is 10.6 Å². The third-order valence-electron chi connectivity index (χ3n) is 4.43. The molecule has 0 unspecified atom stereocenters. The number of thiazole rings is 1. The Labute approximate surface area is 174 Å². The molecule has 1 aliphatic heterocycles. The molecular formula is C21H16N4O4S. The second-order valence-electron chi connectivity index (χ2n) is 6.32. The van der Waals surface area contributed by atoms with Gasteiger partial charge in [-0.25, -0.2) is 10.4 Å². The normalized spacial score (nSPS) is 13.1. The van der Waals surface area contributed by atoms with E-state index >= 15 is 0 Å². The molecule has 1 aliphatic rings. The number of para-hydroxylation sites is 2. The third kappa shape index (κ3) is 3.31. The maximum absolute atomic E-state index is 12.5. The van der Waals surface area contributed by atoms with E-state index in [0.717, 1.165) is 11.3 Å². The number of phenols is 1. The molecule has 2 aromatic carbocycles. The highest BCUT2D eigenvalue weighted by molar-refractivity contribution is 7.11. The number of rotatable bonds is 5. The van der Waals surface area contributed by atoms with Gasteiger partial charge in [0.25, 0.3) is 11.8 Å². The molecule has 0 saturated heterocycles. The number of nitrogens with zero attached hydrogens (tertiary/aromatic N) is 3. The van der Waals surface area contributed by atoms with Gasteiger partial charge in [0.2, 0.25) is 10.7 Å². The Balaban J connectivity index is 1.81. The van der Waals surface area contributed by atoms with Crippen molar-refractivity contribution < 1.29 is 19.8 Å². The number of allylic oxidation sites excluding steroid dienone is 1. The maximum atomic E-state index is 12.5. The van der Waals surface area contributed by atoms with E-state index in [4.69, 9.17) is 0 Å². The molecule has 0 bridgehead atoms. The molecule has 0 fully saturated rings. The topological polar surface area (TPSA) is 116 Å². The Morgan fingerprint density at radius 1 is 1.20 bits per heavy atom. The number of aromatic hydroxyl groups is 2. The standard InChI is InChI=1S/C21H16N4O4S/c1-2-11-25-20(29)17(16-12-7-3-5-9-14(12)22-19(16)28)30-21(25)24-23-18(27)13-8-4-6-10-15(13)26/h2-10,26,29H,1,11H2,(H,23,27). The Bertz CT molecular complexity index is 1380. The summed E-state index contributed by atoms with van der Waals surface area (Å²) >= 11 is 1.04. The lowest BCUT2D eigenvalue weighted by Crippen LogP contribution is -2.24. The minimum atomic E-state index is -0.613. The fourth-order valence-corrected chi connectivity index (χ4v) is 4.10. The van der Waals surface area contributed by atoms with Gasteiger partial charge >= 0.3 is 0 Å². The highest BCUT2D eigenvalue weighted by Gasteiger charge is 2.25. The van der Waals surface area contributed by atoms with Crippen molar-refractivity contribution in [3.8, 4) is 11.6 Å². The van der Waals surface area contributed by atoms with Crippen molar-refractivity contribution in [1.29, 1.82) is 0 Å². The van der Waals surface area contributed by atoms with Crippen molar-refractivity contribution in [2.45, 2.75) is 6.54 Å². The van der Waals surface area contributed by atoms with Gasteiger partial charge in [0.15, 0.2) is 0 Å². The molecule has 0 atom stereocenters. The van der Waals surface area contributed by atoms with E-state index in [1.807, 2.05) is 0 Å². The number of fused-ring (bicyclic) bond motifs is 1.